The molecule has 4 aliphatic carbocycles. The van der Waals surface area contributed by atoms with Gasteiger partial charge in [-0.2, -0.15) is 0 Å². The molecule has 4 saturated carbocycles. The second kappa shape index (κ2) is 10.6. The van der Waals surface area contributed by atoms with E-state index < -0.39 is 11.0 Å². The van der Waals surface area contributed by atoms with Crippen LogP contribution in [0.15, 0.2) is 0 Å². The second-order valence-corrected chi connectivity index (χ2v) is 15.0. The fourth-order valence-corrected chi connectivity index (χ4v) is 8.66. The Hall–Kier alpha value is -0.690. The average Bonchev–Trinajstić information content (AvgIpc) is 2.83. The Labute approximate surface area is 231 Å². The molecule has 2 aliphatic heterocycles. The molecule has 0 spiro atoms. The van der Waals surface area contributed by atoms with Gasteiger partial charge in [0, 0.05) is 32.5 Å². The monoisotopic (exact) mass is 534 g/mol. The fraction of sp³-hybridized carbons (Fsp3) is 0.969. The first-order valence-corrected chi connectivity index (χ1v) is 15.7. The zero-order valence-electron chi connectivity index (χ0n) is 25.1. The molecule has 6 fully saturated rings. The van der Waals surface area contributed by atoms with Gasteiger partial charge in [-0.25, -0.2) is 0 Å². The van der Waals surface area contributed by atoms with Crippen LogP contribution in [-0.4, -0.2) is 48.6 Å². The number of ether oxygens (including phenoxy) is 5. The minimum Gasteiger partial charge on any atom is -0.458 e. The van der Waals surface area contributed by atoms with Crippen molar-refractivity contribution < 1.29 is 28.5 Å². The molecular formula is C32H54O6. The molecule has 6 heteroatoms. The Kier molecular flexibility index (Phi) is 8.05. The maximum absolute atomic E-state index is 14.2. The second-order valence-electron chi connectivity index (χ2n) is 15.0. The zero-order chi connectivity index (χ0) is 27.2. The smallest absolute Gasteiger partial charge is 0.312 e. The lowest BCUT2D eigenvalue weighted by molar-refractivity contribution is -0.344. The predicted molar refractivity (Wildman–Crippen MR) is 146 cm³/mol. The number of esters is 1. The summed E-state index contributed by atoms with van der Waals surface area (Å²) in [5, 5.41) is 0. The third-order valence-electron chi connectivity index (χ3n) is 10.8. The van der Waals surface area contributed by atoms with Crippen molar-refractivity contribution in [2.45, 2.75) is 161 Å². The Bertz CT molecular complexity index is 805. The van der Waals surface area contributed by atoms with Crippen LogP contribution in [0.1, 0.15) is 131 Å². The molecule has 0 aromatic heterocycles. The Morgan fingerprint density at radius 3 is 1.79 bits per heavy atom. The van der Waals surface area contributed by atoms with Crippen LogP contribution >= 0.6 is 0 Å². The Morgan fingerprint density at radius 1 is 0.842 bits per heavy atom. The molecule has 0 aromatic rings. The van der Waals surface area contributed by atoms with E-state index in [0.29, 0.717) is 5.92 Å². The summed E-state index contributed by atoms with van der Waals surface area (Å²) in [7, 11) is 0. The highest BCUT2D eigenvalue weighted by molar-refractivity contribution is 5.77. The van der Waals surface area contributed by atoms with E-state index in [0.717, 1.165) is 103 Å². The summed E-state index contributed by atoms with van der Waals surface area (Å²) in [5.41, 5.74) is -1.75. The third kappa shape index (κ3) is 5.85. The summed E-state index contributed by atoms with van der Waals surface area (Å²) in [6.07, 6.45) is 13.2. The molecule has 4 bridgehead atoms. The first kappa shape index (κ1) is 28.8. The molecule has 0 radical (unpaired) electrons. The number of carbonyl (C=O) groups is 1. The fourth-order valence-electron chi connectivity index (χ4n) is 8.66. The zero-order valence-corrected chi connectivity index (χ0v) is 25.1. The summed E-state index contributed by atoms with van der Waals surface area (Å²) in [6.45, 7) is 14.8. The van der Waals surface area contributed by atoms with Gasteiger partial charge < -0.3 is 23.7 Å². The van der Waals surface area contributed by atoms with Gasteiger partial charge in [-0.3, -0.25) is 4.79 Å². The van der Waals surface area contributed by atoms with Crippen molar-refractivity contribution in [1.82, 2.24) is 0 Å². The van der Waals surface area contributed by atoms with Gasteiger partial charge in [0.25, 0.3) is 0 Å². The molecule has 5 unspecified atom stereocenters. The topological polar surface area (TPSA) is 63.2 Å². The molecular weight excluding hydrogens is 480 g/mol. The molecule has 6 aliphatic rings. The molecule has 218 valence electrons. The highest BCUT2D eigenvalue weighted by Gasteiger charge is 2.68. The Morgan fingerprint density at radius 2 is 1.34 bits per heavy atom. The lowest BCUT2D eigenvalue weighted by Gasteiger charge is -2.65. The van der Waals surface area contributed by atoms with Crippen LogP contribution in [0.5, 0.6) is 0 Å². The van der Waals surface area contributed by atoms with E-state index in [-0.39, 0.29) is 41.1 Å². The van der Waals surface area contributed by atoms with Crippen LogP contribution in [0.25, 0.3) is 0 Å². The van der Waals surface area contributed by atoms with Crippen molar-refractivity contribution in [2.75, 3.05) is 13.2 Å². The molecule has 6 rings (SSSR count). The molecule has 6 nitrogen and oxygen atoms in total. The van der Waals surface area contributed by atoms with Crippen LogP contribution in [-0.2, 0) is 28.5 Å². The minimum atomic E-state index is -0.549. The first-order chi connectivity index (χ1) is 17.9. The molecule has 38 heavy (non-hydrogen) atoms. The van der Waals surface area contributed by atoms with Crippen LogP contribution in [0.2, 0.25) is 0 Å². The number of hydrogen-bond acceptors (Lipinski definition) is 6. The van der Waals surface area contributed by atoms with Crippen LogP contribution < -0.4 is 0 Å². The maximum atomic E-state index is 14.2. The summed E-state index contributed by atoms with van der Waals surface area (Å²) in [6, 6.07) is 0. The SMILES string of the molecule is CCC(C)(C)CC(C)(C(=O)OC12CC3CC(OC4CCCCO4)(C1)CC(OC1CCCCO1)(C3)C2)C(C)C. The average molecular weight is 535 g/mol. The van der Waals surface area contributed by atoms with E-state index >= 15 is 0 Å². The largest absolute Gasteiger partial charge is 0.458 e. The van der Waals surface area contributed by atoms with Gasteiger partial charge in [-0.1, -0.05) is 41.0 Å². The highest BCUT2D eigenvalue weighted by Crippen LogP contribution is 2.64. The summed E-state index contributed by atoms with van der Waals surface area (Å²) in [5.74, 6) is 0.573. The standard InChI is InChI=1S/C32H54O6/c1-7-28(4,5)19-29(6,23(2)3)27(33)38-32-18-24-16-30(21-32,36-25-12-8-10-14-34-25)20-31(17-24,22-32)37-26-13-9-11-15-35-26/h23-26H,7-22H2,1-6H3. The van der Waals surface area contributed by atoms with E-state index in [2.05, 4.69) is 41.5 Å². The Balaban J connectivity index is 1.42. The number of carbonyl (C=O) groups excluding carboxylic acids is 1. The van der Waals surface area contributed by atoms with Gasteiger partial charge in [0.05, 0.1) is 16.6 Å². The molecule has 0 amide bonds. The van der Waals surface area contributed by atoms with Crippen molar-refractivity contribution in [3.63, 3.8) is 0 Å². The van der Waals surface area contributed by atoms with Gasteiger partial charge in [0.2, 0.25) is 0 Å². The van der Waals surface area contributed by atoms with Crippen LogP contribution in [0, 0.1) is 22.7 Å². The van der Waals surface area contributed by atoms with Gasteiger partial charge in [-0.05, 0) is 88.4 Å². The summed E-state index contributed by atoms with van der Waals surface area (Å²) >= 11 is 0. The van der Waals surface area contributed by atoms with E-state index in [1.54, 1.807) is 0 Å². The number of rotatable bonds is 10. The van der Waals surface area contributed by atoms with Gasteiger partial charge in [0.1, 0.15) is 5.60 Å². The van der Waals surface area contributed by atoms with Crippen LogP contribution in [0.4, 0.5) is 0 Å². The van der Waals surface area contributed by atoms with Gasteiger partial charge in [-0.15, -0.1) is 0 Å². The van der Waals surface area contributed by atoms with E-state index in [1.807, 2.05) is 0 Å². The van der Waals surface area contributed by atoms with Gasteiger partial charge >= 0.3 is 5.97 Å². The number of hydrogen-bond donors (Lipinski definition) is 0. The lowest BCUT2D eigenvalue weighted by atomic mass is 9.50. The lowest BCUT2D eigenvalue weighted by Crippen LogP contribution is -2.69. The van der Waals surface area contributed by atoms with Crippen molar-refractivity contribution in [1.29, 1.82) is 0 Å². The third-order valence-corrected chi connectivity index (χ3v) is 10.8. The minimum absolute atomic E-state index is 0.0379. The van der Waals surface area contributed by atoms with Crippen LogP contribution in [0.3, 0.4) is 0 Å². The maximum Gasteiger partial charge on any atom is 0.312 e. The molecule has 5 atom stereocenters. The summed E-state index contributed by atoms with van der Waals surface area (Å²) < 4.78 is 32.8. The van der Waals surface area contributed by atoms with Crippen molar-refractivity contribution in [3.8, 4) is 0 Å². The van der Waals surface area contributed by atoms with E-state index in [9.17, 15) is 4.79 Å². The molecule has 0 aromatic carbocycles. The van der Waals surface area contributed by atoms with Crippen molar-refractivity contribution in [2.24, 2.45) is 22.7 Å². The molecule has 2 saturated heterocycles. The van der Waals surface area contributed by atoms with Gasteiger partial charge in [0.15, 0.2) is 12.6 Å². The van der Waals surface area contributed by atoms with E-state index in [4.69, 9.17) is 23.7 Å². The molecule has 0 N–H and O–H groups in total. The highest BCUT2D eigenvalue weighted by atomic mass is 16.7. The van der Waals surface area contributed by atoms with Crippen molar-refractivity contribution in [3.05, 3.63) is 0 Å². The molecule has 2 heterocycles. The normalized spacial score (nSPS) is 40.8. The summed E-state index contributed by atoms with van der Waals surface area (Å²) in [4.78, 5) is 14.2. The van der Waals surface area contributed by atoms with Crippen molar-refractivity contribution >= 4 is 5.97 Å². The van der Waals surface area contributed by atoms with E-state index in [1.165, 1.54) is 0 Å². The predicted octanol–water partition coefficient (Wildman–Crippen LogP) is 7.32. The quantitative estimate of drug-likeness (QED) is 0.274. The first-order valence-electron chi connectivity index (χ1n) is 15.7.